The van der Waals surface area contributed by atoms with Crippen LogP contribution < -0.4 is 5.32 Å². The molecule has 0 aliphatic heterocycles. The minimum absolute atomic E-state index is 0.141. The molecule has 0 fully saturated rings. The summed E-state index contributed by atoms with van der Waals surface area (Å²) in [6.45, 7) is 0. The first-order valence-electron chi connectivity index (χ1n) is 5.36. The average molecular weight is 256 g/mol. The third kappa shape index (κ3) is 2.32. The van der Waals surface area contributed by atoms with Crippen LogP contribution in [0.1, 0.15) is 10.5 Å². The van der Waals surface area contributed by atoms with E-state index in [4.69, 9.17) is 4.42 Å². The van der Waals surface area contributed by atoms with Crippen LogP contribution in [0.25, 0.3) is 11.6 Å². The predicted molar refractivity (Wildman–Crippen MR) is 64.1 cm³/mol. The quantitative estimate of drug-likeness (QED) is 0.726. The fourth-order valence-corrected chi connectivity index (χ4v) is 1.42. The maximum absolute atomic E-state index is 11.8. The van der Waals surface area contributed by atoms with Crippen LogP contribution in [0.2, 0.25) is 0 Å². The second kappa shape index (κ2) is 4.69. The third-order valence-electron chi connectivity index (χ3n) is 2.26. The highest BCUT2D eigenvalue weighted by Gasteiger charge is 2.12. The van der Waals surface area contributed by atoms with Crippen LogP contribution in [0.4, 0.5) is 5.95 Å². The number of hydrogen-bond donors (Lipinski definition) is 2. The van der Waals surface area contributed by atoms with Gasteiger partial charge >= 0.3 is 0 Å². The Labute approximate surface area is 106 Å². The lowest BCUT2D eigenvalue weighted by molar-refractivity contribution is 0.102. The SMILES string of the molecule is O=C(Nc1n[nH]c(-c2ccco2)n1)c1cnccn1. The number of hydrogen-bond acceptors (Lipinski definition) is 6. The van der Waals surface area contributed by atoms with E-state index in [1.807, 2.05) is 0 Å². The van der Waals surface area contributed by atoms with Gasteiger partial charge in [-0.15, -0.1) is 5.10 Å². The molecular formula is C11H8N6O2. The number of anilines is 1. The molecule has 3 rings (SSSR count). The van der Waals surface area contributed by atoms with Gasteiger partial charge in [-0.25, -0.2) is 4.98 Å². The van der Waals surface area contributed by atoms with Gasteiger partial charge in [0.2, 0.25) is 5.95 Å². The van der Waals surface area contributed by atoms with Crippen molar-refractivity contribution in [1.29, 1.82) is 0 Å². The molecule has 8 heteroatoms. The van der Waals surface area contributed by atoms with Crippen LogP contribution in [0.3, 0.4) is 0 Å². The highest BCUT2D eigenvalue weighted by Crippen LogP contribution is 2.15. The second-order valence-corrected chi connectivity index (χ2v) is 3.53. The molecule has 0 spiro atoms. The number of carbonyl (C=O) groups is 1. The Hall–Kier alpha value is -3.03. The summed E-state index contributed by atoms with van der Waals surface area (Å²) >= 11 is 0. The van der Waals surface area contributed by atoms with E-state index >= 15 is 0 Å². The van der Waals surface area contributed by atoms with E-state index < -0.39 is 5.91 Å². The molecule has 0 aliphatic rings. The van der Waals surface area contributed by atoms with E-state index in [2.05, 4.69) is 30.5 Å². The molecule has 0 aromatic carbocycles. The lowest BCUT2D eigenvalue weighted by atomic mass is 10.4. The molecule has 0 saturated carbocycles. The molecule has 0 aliphatic carbocycles. The van der Waals surface area contributed by atoms with E-state index in [0.29, 0.717) is 11.6 Å². The van der Waals surface area contributed by atoms with Gasteiger partial charge in [-0.05, 0) is 12.1 Å². The minimum atomic E-state index is -0.432. The largest absolute Gasteiger partial charge is 0.461 e. The summed E-state index contributed by atoms with van der Waals surface area (Å²) in [6.07, 6.45) is 5.80. The number of H-pyrrole nitrogens is 1. The van der Waals surface area contributed by atoms with E-state index in [1.54, 1.807) is 12.1 Å². The summed E-state index contributed by atoms with van der Waals surface area (Å²) in [5, 5.41) is 9.02. The van der Waals surface area contributed by atoms with Crippen molar-refractivity contribution in [3.05, 3.63) is 42.7 Å². The Kier molecular flexibility index (Phi) is 2.73. The Morgan fingerprint density at radius 1 is 1.37 bits per heavy atom. The summed E-state index contributed by atoms with van der Waals surface area (Å²) in [4.78, 5) is 23.5. The van der Waals surface area contributed by atoms with Crippen molar-refractivity contribution in [1.82, 2.24) is 25.1 Å². The first-order valence-corrected chi connectivity index (χ1v) is 5.36. The minimum Gasteiger partial charge on any atom is -0.461 e. The van der Waals surface area contributed by atoms with Crippen molar-refractivity contribution in [2.45, 2.75) is 0 Å². The maximum Gasteiger partial charge on any atom is 0.278 e. The second-order valence-electron chi connectivity index (χ2n) is 3.53. The number of aromatic nitrogens is 5. The maximum atomic E-state index is 11.8. The molecule has 3 heterocycles. The Morgan fingerprint density at radius 2 is 2.32 bits per heavy atom. The van der Waals surface area contributed by atoms with Crippen molar-refractivity contribution in [2.24, 2.45) is 0 Å². The van der Waals surface area contributed by atoms with Crippen molar-refractivity contribution >= 4 is 11.9 Å². The molecule has 0 radical (unpaired) electrons. The number of nitrogens with zero attached hydrogens (tertiary/aromatic N) is 4. The number of nitrogens with one attached hydrogen (secondary N) is 2. The first-order chi connectivity index (χ1) is 9.33. The van der Waals surface area contributed by atoms with Crippen molar-refractivity contribution in [3.8, 4) is 11.6 Å². The molecule has 2 N–H and O–H groups in total. The summed E-state index contributed by atoms with van der Waals surface area (Å²) < 4.78 is 5.15. The van der Waals surface area contributed by atoms with Crippen LogP contribution in [0.5, 0.6) is 0 Å². The molecule has 8 nitrogen and oxygen atoms in total. The summed E-state index contributed by atoms with van der Waals surface area (Å²) in [5.74, 6) is 0.673. The summed E-state index contributed by atoms with van der Waals surface area (Å²) in [5.41, 5.74) is 0.187. The third-order valence-corrected chi connectivity index (χ3v) is 2.26. The number of carbonyl (C=O) groups excluding carboxylic acids is 1. The van der Waals surface area contributed by atoms with Gasteiger partial charge in [0, 0.05) is 12.4 Å². The molecule has 1 amide bonds. The predicted octanol–water partition coefficient (Wildman–Crippen LogP) is 1.11. The van der Waals surface area contributed by atoms with E-state index in [1.165, 1.54) is 24.9 Å². The van der Waals surface area contributed by atoms with Crippen molar-refractivity contribution < 1.29 is 9.21 Å². The van der Waals surface area contributed by atoms with Gasteiger partial charge in [0.1, 0.15) is 5.69 Å². The van der Waals surface area contributed by atoms with Crippen molar-refractivity contribution in [2.75, 3.05) is 5.32 Å². The van der Waals surface area contributed by atoms with Crippen molar-refractivity contribution in [3.63, 3.8) is 0 Å². The highest BCUT2D eigenvalue weighted by molar-refractivity contribution is 6.01. The molecule has 3 aromatic rings. The fraction of sp³-hybridized carbons (Fsp3) is 0. The Balaban J connectivity index is 1.76. The molecule has 0 bridgehead atoms. The van der Waals surface area contributed by atoms with Crippen LogP contribution in [0.15, 0.2) is 41.4 Å². The molecule has 19 heavy (non-hydrogen) atoms. The molecule has 3 aromatic heterocycles. The fourth-order valence-electron chi connectivity index (χ4n) is 1.42. The van der Waals surface area contributed by atoms with E-state index in [0.717, 1.165) is 0 Å². The topological polar surface area (TPSA) is 110 Å². The molecule has 0 unspecified atom stereocenters. The zero-order valence-electron chi connectivity index (χ0n) is 9.57. The zero-order chi connectivity index (χ0) is 13.1. The van der Waals surface area contributed by atoms with E-state index in [9.17, 15) is 4.79 Å². The monoisotopic (exact) mass is 256 g/mol. The number of rotatable bonds is 3. The van der Waals surface area contributed by atoms with Crippen LogP contribution in [-0.4, -0.2) is 31.1 Å². The lowest BCUT2D eigenvalue weighted by Gasteiger charge is -1.97. The molecule has 0 saturated heterocycles. The summed E-state index contributed by atoms with van der Waals surface area (Å²) in [7, 11) is 0. The number of aromatic amines is 1. The van der Waals surface area contributed by atoms with Crippen LogP contribution >= 0.6 is 0 Å². The first kappa shape index (κ1) is 11.1. The smallest absolute Gasteiger partial charge is 0.278 e. The lowest BCUT2D eigenvalue weighted by Crippen LogP contribution is -2.14. The normalized spacial score (nSPS) is 10.3. The van der Waals surface area contributed by atoms with Gasteiger partial charge in [0.25, 0.3) is 5.91 Å². The van der Waals surface area contributed by atoms with Gasteiger partial charge in [-0.2, -0.15) is 4.98 Å². The Morgan fingerprint density at radius 3 is 3.05 bits per heavy atom. The van der Waals surface area contributed by atoms with E-state index in [-0.39, 0.29) is 11.6 Å². The average Bonchev–Trinajstić information content (AvgIpc) is 3.10. The van der Waals surface area contributed by atoms with Gasteiger partial charge in [0.05, 0.1) is 12.5 Å². The summed E-state index contributed by atoms with van der Waals surface area (Å²) in [6, 6.07) is 3.46. The molecule has 94 valence electrons. The van der Waals surface area contributed by atoms with Gasteiger partial charge in [0.15, 0.2) is 11.6 Å². The Bertz CT molecular complexity index is 676. The standard InChI is InChI=1S/C11H8N6O2/c18-10(7-6-12-3-4-13-7)15-11-14-9(16-17-11)8-2-1-5-19-8/h1-6H,(H2,14,15,16,17,18). The van der Waals surface area contributed by atoms with Crippen LogP contribution in [-0.2, 0) is 0 Å². The molecule has 0 atom stereocenters. The van der Waals surface area contributed by atoms with Crippen LogP contribution in [0, 0.1) is 0 Å². The highest BCUT2D eigenvalue weighted by atomic mass is 16.3. The number of amides is 1. The van der Waals surface area contributed by atoms with Gasteiger partial charge in [-0.1, -0.05) is 0 Å². The van der Waals surface area contributed by atoms with Gasteiger partial charge < -0.3 is 4.42 Å². The molecular weight excluding hydrogens is 248 g/mol. The number of furan rings is 1. The zero-order valence-corrected chi connectivity index (χ0v) is 9.57. The van der Waals surface area contributed by atoms with Gasteiger partial charge in [-0.3, -0.25) is 20.2 Å².